The second kappa shape index (κ2) is 12.3. The van der Waals surface area contributed by atoms with Crippen LogP contribution in [0.15, 0.2) is 39.7 Å². The highest BCUT2D eigenvalue weighted by Crippen LogP contribution is 2.33. The Labute approximate surface area is 223 Å². The van der Waals surface area contributed by atoms with Crippen LogP contribution in [0.3, 0.4) is 0 Å². The summed E-state index contributed by atoms with van der Waals surface area (Å²) < 4.78 is 20.4. The molecule has 0 bridgehead atoms. The molecule has 3 N–H and O–H groups in total. The number of aliphatic hydroxyl groups excluding tert-OH is 1. The summed E-state index contributed by atoms with van der Waals surface area (Å²) >= 11 is 0. The van der Waals surface area contributed by atoms with Gasteiger partial charge in [0.25, 0.3) is 5.56 Å². The zero-order valence-electron chi connectivity index (χ0n) is 21.5. The molecule has 2 aromatic heterocycles. The lowest BCUT2D eigenvalue weighted by Gasteiger charge is -2.31. The van der Waals surface area contributed by atoms with Crippen LogP contribution in [0.1, 0.15) is 60.5 Å². The summed E-state index contributed by atoms with van der Waals surface area (Å²) in [4.78, 5) is 39.0. The number of carboxylic acid groups (broad SMARTS) is 2. The van der Waals surface area contributed by atoms with E-state index in [0.29, 0.717) is 48.9 Å². The van der Waals surface area contributed by atoms with E-state index >= 15 is 0 Å². The van der Waals surface area contributed by atoms with Crippen molar-refractivity contribution in [2.45, 2.75) is 57.6 Å². The molecule has 1 aromatic carbocycles. The molecule has 208 valence electrons. The molecule has 1 fully saturated rings. The minimum absolute atomic E-state index is 0.00237. The largest absolute Gasteiger partial charge is 0.478 e. The molecule has 0 spiro atoms. The van der Waals surface area contributed by atoms with E-state index in [1.54, 1.807) is 10.6 Å². The van der Waals surface area contributed by atoms with Gasteiger partial charge in [0.1, 0.15) is 17.7 Å². The minimum Gasteiger partial charge on any atom is -0.478 e. The fraction of sp³-hybridized carbons (Fsp3) is 0.444. The van der Waals surface area contributed by atoms with Gasteiger partial charge in [-0.25, -0.2) is 19.0 Å². The SMILES string of the molecule is Cc1nc2n(c(=O)c1CCN1CCC(c3noc4cc(F)ccc34)CC1)CCCC2O.O=C(O)/C=C\C(=O)O. The van der Waals surface area contributed by atoms with Crippen LogP contribution < -0.4 is 5.56 Å². The number of aliphatic hydroxyl groups is 1. The second-order valence-electron chi connectivity index (χ2n) is 9.73. The standard InChI is InChI=1S/C23H27FN4O3.C4H4O4/c1-14-17(23(30)28-9-2-3-19(29)22(28)25-14)8-12-27-10-6-15(7-11-27)21-18-5-4-16(24)13-20(18)31-26-21;5-3(6)1-2-4(7)8/h4-5,13,15,19,29H,2-3,6-12H2,1H3;1-2H,(H,5,6)(H,7,8)/b;2-1-. The van der Waals surface area contributed by atoms with Crippen LogP contribution in [0, 0.1) is 12.7 Å². The van der Waals surface area contributed by atoms with Crippen molar-refractivity contribution in [3.63, 3.8) is 0 Å². The van der Waals surface area contributed by atoms with Gasteiger partial charge in [0.2, 0.25) is 0 Å². The Morgan fingerprint density at radius 2 is 1.82 bits per heavy atom. The zero-order chi connectivity index (χ0) is 28.1. The molecule has 1 saturated heterocycles. The number of hydrogen-bond acceptors (Lipinski definition) is 8. The van der Waals surface area contributed by atoms with E-state index < -0.39 is 18.0 Å². The van der Waals surface area contributed by atoms with E-state index in [9.17, 15) is 23.9 Å². The lowest BCUT2D eigenvalue weighted by atomic mass is 9.91. The lowest BCUT2D eigenvalue weighted by Crippen LogP contribution is -2.37. The van der Waals surface area contributed by atoms with Crippen LogP contribution in [-0.4, -0.2) is 66.5 Å². The molecule has 1 unspecified atom stereocenters. The van der Waals surface area contributed by atoms with Gasteiger partial charge in [0.15, 0.2) is 5.58 Å². The Bertz CT molecular complexity index is 1420. The summed E-state index contributed by atoms with van der Waals surface area (Å²) in [5.74, 6) is -2.03. The maximum atomic E-state index is 13.4. The number of fused-ring (bicyclic) bond motifs is 2. The van der Waals surface area contributed by atoms with Crippen LogP contribution in [0.25, 0.3) is 11.0 Å². The van der Waals surface area contributed by atoms with Gasteiger partial charge >= 0.3 is 11.9 Å². The predicted octanol–water partition coefficient (Wildman–Crippen LogP) is 2.79. The van der Waals surface area contributed by atoms with Gasteiger partial charge in [-0.05, 0) is 64.3 Å². The number of benzene rings is 1. The van der Waals surface area contributed by atoms with E-state index in [2.05, 4.69) is 15.0 Å². The first-order valence-electron chi connectivity index (χ1n) is 12.8. The predicted molar refractivity (Wildman–Crippen MR) is 138 cm³/mol. The Balaban J connectivity index is 0.000000386. The van der Waals surface area contributed by atoms with Crippen molar-refractivity contribution in [2.24, 2.45) is 0 Å². The highest BCUT2D eigenvalue weighted by molar-refractivity contribution is 5.89. The Hall–Kier alpha value is -3.90. The number of likely N-dealkylation sites (tertiary alicyclic amines) is 1. The molecule has 1 atom stereocenters. The molecule has 0 amide bonds. The molecular weight excluding hydrogens is 511 g/mol. The van der Waals surface area contributed by atoms with Crippen molar-refractivity contribution < 1.29 is 33.8 Å². The number of rotatable bonds is 6. The third-order valence-corrected chi connectivity index (χ3v) is 7.14. The summed E-state index contributed by atoms with van der Waals surface area (Å²) in [5, 5.41) is 30.9. The summed E-state index contributed by atoms with van der Waals surface area (Å²) in [7, 11) is 0. The first kappa shape index (κ1) is 28.1. The van der Waals surface area contributed by atoms with Gasteiger partial charge in [0.05, 0.1) is 5.69 Å². The second-order valence-corrected chi connectivity index (χ2v) is 9.73. The van der Waals surface area contributed by atoms with Crippen LogP contribution in [0.2, 0.25) is 0 Å². The average Bonchev–Trinajstić information content (AvgIpc) is 3.32. The van der Waals surface area contributed by atoms with Crippen LogP contribution in [-0.2, 0) is 22.6 Å². The van der Waals surface area contributed by atoms with Gasteiger partial charge in [-0.2, -0.15) is 0 Å². The maximum Gasteiger partial charge on any atom is 0.328 e. The number of aryl methyl sites for hydroxylation is 1. The molecule has 2 aliphatic rings. The van der Waals surface area contributed by atoms with Crippen molar-refractivity contribution >= 4 is 22.9 Å². The van der Waals surface area contributed by atoms with E-state index in [4.69, 9.17) is 14.7 Å². The normalized spacial score (nSPS) is 18.1. The molecule has 2 aliphatic heterocycles. The third kappa shape index (κ3) is 6.76. The number of carboxylic acids is 2. The van der Waals surface area contributed by atoms with Crippen LogP contribution in [0.5, 0.6) is 0 Å². The third-order valence-electron chi connectivity index (χ3n) is 7.14. The van der Waals surface area contributed by atoms with E-state index in [0.717, 1.165) is 61.2 Å². The molecular formula is C27H31FN4O7. The molecule has 5 rings (SSSR count). The highest BCUT2D eigenvalue weighted by atomic mass is 19.1. The van der Waals surface area contributed by atoms with Crippen LogP contribution in [0.4, 0.5) is 4.39 Å². The van der Waals surface area contributed by atoms with Crippen molar-refractivity contribution in [2.75, 3.05) is 19.6 Å². The first-order chi connectivity index (χ1) is 18.6. The summed E-state index contributed by atoms with van der Waals surface area (Å²) in [6, 6.07) is 4.58. The molecule has 4 heterocycles. The number of nitrogens with zero attached hydrogens (tertiary/aromatic N) is 4. The number of hydrogen-bond donors (Lipinski definition) is 3. The minimum atomic E-state index is -1.26. The molecule has 12 heteroatoms. The molecule has 0 radical (unpaired) electrons. The monoisotopic (exact) mass is 542 g/mol. The van der Waals surface area contributed by atoms with Crippen molar-refractivity contribution in [1.29, 1.82) is 0 Å². The van der Waals surface area contributed by atoms with Gasteiger partial charge < -0.3 is 24.7 Å². The molecule has 11 nitrogen and oxygen atoms in total. The smallest absolute Gasteiger partial charge is 0.328 e. The van der Waals surface area contributed by atoms with E-state index in [-0.39, 0.29) is 11.4 Å². The average molecular weight is 543 g/mol. The summed E-state index contributed by atoms with van der Waals surface area (Å²) in [6.07, 6.45) is 4.50. The number of aliphatic carboxylic acids is 2. The quantitative estimate of drug-likeness (QED) is 0.395. The van der Waals surface area contributed by atoms with Gasteiger partial charge in [-0.1, -0.05) is 5.16 Å². The fourth-order valence-electron chi connectivity index (χ4n) is 5.12. The number of aromatic nitrogens is 3. The lowest BCUT2D eigenvalue weighted by molar-refractivity contribution is -0.134. The van der Waals surface area contributed by atoms with Crippen molar-refractivity contribution in [3.8, 4) is 0 Å². The van der Waals surface area contributed by atoms with Gasteiger partial charge in [-0.15, -0.1) is 0 Å². The van der Waals surface area contributed by atoms with Crippen molar-refractivity contribution in [1.82, 2.24) is 19.6 Å². The fourth-order valence-corrected chi connectivity index (χ4v) is 5.12. The summed E-state index contributed by atoms with van der Waals surface area (Å²) in [6.45, 7) is 5.13. The van der Waals surface area contributed by atoms with Crippen LogP contribution >= 0.6 is 0 Å². The molecule has 0 saturated carbocycles. The van der Waals surface area contributed by atoms with Crippen molar-refractivity contribution in [3.05, 3.63) is 69.3 Å². The zero-order valence-corrected chi connectivity index (χ0v) is 21.5. The number of halogens is 1. The number of piperidine rings is 1. The Kier molecular flexibility index (Phi) is 8.87. The Morgan fingerprint density at radius 1 is 1.13 bits per heavy atom. The summed E-state index contributed by atoms with van der Waals surface area (Å²) in [5.41, 5.74) is 2.90. The molecule has 39 heavy (non-hydrogen) atoms. The van der Waals surface area contributed by atoms with Gasteiger partial charge in [-0.3, -0.25) is 9.36 Å². The molecule has 3 aromatic rings. The maximum absolute atomic E-state index is 13.4. The van der Waals surface area contributed by atoms with Gasteiger partial charge in [0, 0.05) is 53.9 Å². The first-order valence-corrected chi connectivity index (χ1v) is 12.8. The number of carbonyl (C=O) groups is 2. The Morgan fingerprint density at radius 3 is 2.49 bits per heavy atom. The molecule has 0 aliphatic carbocycles. The van der Waals surface area contributed by atoms with E-state index in [1.807, 2.05) is 6.92 Å². The van der Waals surface area contributed by atoms with E-state index in [1.165, 1.54) is 12.1 Å². The topological polar surface area (TPSA) is 159 Å². The highest BCUT2D eigenvalue weighted by Gasteiger charge is 2.27.